The molecule has 1 heterocycles. The molecule has 0 spiro atoms. The molecular formula is C19H31N3O3S. The molecule has 1 N–H and O–H groups in total. The van der Waals surface area contributed by atoms with E-state index in [-0.39, 0.29) is 11.9 Å². The topological polar surface area (TPSA) is 69.7 Å². The molecule has 1 aliphatic heterocycles. The van der Waals surface area contributed by atoms with Crippen LogP contribution in [0, 0.1) is 0 Å². The summed E-state index contributed by atoms with van der Waals surface area (Å²) in [6.45, 7) is 8.41. The molecule has 0 aromatic heterocycles. The van der Waals surface area contributed by atoms with Crippen molar-refractivity contribution < 1.29 is 13.2 Å². The van der Waals surface area contributed by atoms with E-state index in [0.29, 0.717) is 37.6 Å². The third-order valence-electron chi connectivity index (χ3n) is 4.82. The number of aryl methyl sites for hydroxylation is 1. The van der Waals surface area contributed by atoms with Crippen LogP contribution in [-0.4, -0.2) is 62.3 Å². The number of hydrogen-bond donors (Lipinski definition) is 1. The standard InChI is InChI=1S/C19H31N3O3S/c1-4-6-17-7-9-18(10-8-17)26(24,25)22-13-11-21(12-14-22)15-19(23)20-16(3)5-2/h7-10,16H,4-6,11-15H2,1-3H3,(H,20,23)/t16-/m1/s1. The summed E-state index contributed by atoms with van der Waals surface area (Å²) < 4.78 is 27.1. The van der Waals surface area contributed by atoms with Crippen molar-refractivity contribution >= 4 is 15.9 Å². The van der Waals surface area contributed by atoms with Gasteiger partial charge in [0, 0.05) is 32.2 Å². The lowest BCUT2D eigenvalue weighted by Gasteiger charge is -2.33. The SMILES string of the molecule is CCCc1ccc(S(=O)(=O)N2CCN(CC(=O)N[C@H](C)CC)CC2)cc1. The predicted octanol–water partition coefficient (Wildman–Crippen LogP) is 1.86. The van der Waals surface area contributed by atoms with E-state index in [2.05, 4.69) is 12.2 Å². The Morgan fingerprint density at radius 2 is 1.73 bits per heavy atom. The minimum atomic E-state index is -3.46. The highest BCUT2D eigenvalue weighted by atomic mass is 32.2. The van der Waals surface area contributed by atoms with Crippen molar-refractivity contribution in [1.29, 1.82) is 0 Å². The molecule has 0 bridgehead atoms. The maximum absolute atomic E-state index is 12.8. The number of carbonyl (C=O) groups is 1. The Morgan fingerprint density at radius 3 is 2.27 bits per heavy atom. The first-order valence-electron chi connectivity index (χ1n) is 9.47. The minimum Gasteiger partial charge on any atom is -0.353 e. The first-order chi connectivity index (χ1) is 12.4. The summed E-state index contributed by atoms with van der Waals surface area (Å²) in [5.74, 6) is 0.00201. The number of carbonyl (C=O) groups excluding carboxylic acids is 1. The van der Waals surface area contributed by atoms with Gasteiger partial charge in [0.15, 0.2) is 0 Å². The second-order valence-corrected chi connectivity index (χ2v) is 8.89. The van der Waals surface area contributed by atoms with Crippen LogP contribution in [0.3, 0.4) is 0 Å². The van der Waals surface area contributed by atoms with E-state index in [1.54, 1.807) is 12.1 Å². The van der Waals surface area contributed by atoms with Crippen molar-refractivity contribution in [3.63, 3.8) is 0 Å². The molecule has 1 aliphatic rings. The molecule has 1 atom stereocenters. The van der Waals surface area contributed by atoms with Crippen LogP contribution in [-0.2, 0) is 21.2 Å². The first kappa shape index (κ1) is 20.9. The van der Waals surface area contributed by atoms with Crippen molar-refractivity contribution in [3.8, 4) is 0 Å². The quantitative estimate of drug-likeness (QED) is 0.746. The summed E-state index contributed by atoms with van der Waals surface area (Å²) in [5.41, 5.74) is 1.16. The largest absolute Gasteiger partial charge is 0.353 e. The van der Waals surface area contributed by atoms with E-state index < -0.39 is 10.0 Å². The Balaban J connectivity index is 1.90. The third-order valence-corrected chi connectivity index (χ3v) is 6.73. The molecule has 2 rings (SSSR count). The van der Waals surface area contributed by atoms with E-state index in [1.165, 1.54) is 4.31 Å². The van der Waals surface area contributed by atoms with Gasteiger partial charge in [-0.15, -0.1) is 0 Å². The Kier molecular flexibility index (Phi) is 7.61. The fourth-order valence-corrected chi connectivity index (χ4v) is 4.44. The van der Waals surface area contributed by atoms with Crippen molar-refractivity contribution in [3.05, 3.63) is 29.8 Å². The molecule has 0 unspecified atom stereocenters. The lowest BCUT2D eigenvalue weighted by atomic mass is 10.1. The van der Waals surface area contributed by atoms with Gasteiger partial charge in [0.1, 0.15) is 0 Å². The van der Waals surface area contributed by atoms with Gasteiger partial charge in [0.2, 0.25) is 15.9 Å². The van der Waals surface area contributed by atoms with Gasteiger partial charge in [-0.25, -0.2) is 8.42 Å². The highest BCUT2D eigenvalue weighted by Gasteiger charge is 2.29. The number of hydrogen-bond acceptors (Lipinski definition) is 4. The second kappa shape index (κ2) is 9.48. The van der Waals surface area contributed by atoms with Gasteiger partial charge in [-0.3, -0.25) is 9.69 Å². The Morgan fingerprint density at radius 1 is 1.12 bits per heavy atom. The summed E-state index contributed by atoms with van der Waals surface area (Å²) in [6.07, 6.45) is 2.89. The van der Waals surface area contributed by atoms with Crippen LogP contribution in [0.1, 0.15) is 39.2 Å². The van der Waals surface area contributed by atoms with Crippen LogP contribution in [0.25, 0.3) is 0 Å². The average molecular weight is 382 g/mol. The van der Waals surface area contributed by atoms with Gasteiger partial charge in [0.05, 0.1) is 11.4 Å². The van der Waals surface area contributed by atoms with E-state index >= 15 is 0 Å². The monoisotopic (exact) mass is 381 g/mol. The Bertz CT molecular complexity index is 680. The predicted molar refractivity (Wildman–Crippen MR) is 104 cm³/mol. The smallest absolute Gasteiger partial charge is 0.243 e. The maximum atomic E-state index is 12.8. The number of sulfonamides is 1. The van der Waals surface area contributed by atoms with Crippen molar-refractivity contribution in [2.45, 2.75) is 51.0 Å². The molecule has 1 aromatic carbocycles. The fourth-order valence-electron chi connectivity index (χ4n) is 3.02. The number of benzene rings is 1. The molecule has 1 saturated heterocycles. The van der Waals surface area contributed by atoms with Gasteiger partial charge in [-0.2, -0.15) is 4.31 Å². The Hall–Kier alpha value is -1.44. The zero-order valence-corrected chi connectivity index (χ0v) is 16.9. The van der Waals surface area contributed by atoms with E-state index in [9.17, 15) is 13.2 Å². The highest BCUT2D eigenvalue weighted by Crippen LogP contribution is 2.18. The maximum Gasteiger partial charge on any atom is 0.243 e. The lowest BCUT2D eigenvalue weighted by molar-refractivity contribution is -0.123. The van der Waals surface area contributed by atoms with Crippen LogP contribution < -0.4 is 5.32 Å². The number of nitrogens with one attached hydrogen (secondary N) is 1. The number of nitrogens with zero attached hydrogens (tertiary/aromatic N) is 2. The molecule has 26 heavy (non-hydrogen) atoms. The van der Waals surface area contributed by atoms with Crippen LogP contribution in [0.2, 0.25) is 0 Å². The molecule has 1 amide bonds. The molecule has 7 heteroatoms. The summed E-state index contributed by atoms with van der Waals surface area (Å²) in [6, 6.07) is 7.36. The van der Waals surface area contributed by atoms with Gasteiger partial charge < -0.3 is 5.32 Å². The van der Waals surface area contributed by atoms with Crippen LogP contribution >= 0.6 is 0 Å². The van der Waals surface area contributed by atoms with Crippen molar-refractivity contribution in [2.75, 3.05) is 32.7 Å². The van der Waals surface area contributed by atoms with Crippen LogP contribution in [0.5, 0.6) is 0 Å². The third kappa shape index (κ3) is 5.53. The Labute approximate surface area is 157 Å². The van der Waals surface area contributed by atoms with E-state index in [4.69, 9.17) is 0 Å². The van der Waals surface area contributed by atoms with Gasteiger partial charge in [-0.05, 0) is 37.5 Å². The summed E-state index contributed by atoms with van der Waals surface area (Å²) in [7, 11) is -3.46. The highest BCUT2D eigenvalue weighted by molar-refractivity contribution is 7.89. The molecule has 0 saturated carbocycles. The van der Waals surface area contributed by atoms with Crippen LogP contribution in [0.15, 0.2) is 29.2 Å². The van der Waals surface area contributed by atoms with E-state index in [1.807, 2.05) is 30.9 Å². The summed E-state index contributed by atoms with van der Waals surface area (Å²) in [5, 5.41) is 2.95. The number of piperazine rings is 1. The van der Waals surface area contributed by atoms with Gasteiger partial charge >= 0.3 is 0 Å². The minimum absolute atomic E-state index is 0.00201. The summed E-state index contributed by atoms with van der Waals surface area (Å²) >= 11 is 0. The lowest BCUT2D eigenvalue weighted by Crippen LogP contribution is -2.51. The van der Waals surface area contributed by atoms with E-state index in [0.717, 1.165) is 24.8 Å². The van der Waals surface area contributed by atoms with Crippen LogP contribution in [0.4, 0.5) is 0 Å². The molecule has 146 valence electrons. The molecular weight excluding hydrogens is 350 g/mol. The number of amides is 1. The van der Waals surface area contributed by atoms with Crippen molar-refractivity contribution in [1.82, 2.24) is 14.5 Å². The molecule has 1 aromatic rings. The number of rotatable bonds is 8. The van der Waals surface area contributed by atoms with Crippen molar-refractivity contribution in [2.24, 2.45) is 0 Å². The molecule has 0 radical (unpaired) electrons. The zero-order chi connectivity index (χ0) is 19.2. The normalized spacial score (nSPS) is 17.8. The molecule has 6 nitrogen and oxygen atoms in total. The summed E-state index contributed by atoms with van der Waals surface area (Å²) in [4.78, 5) is 14.3. The fraction of sp³-hybridized carbons (Fsp3) is 0.632. The zero-order valence-electron chi connectivity index (χ0n) is 16.1. The molecule has 0 aliphatic carbocycles. The average Bonchev–Trinajstić information content (AvgIpc) is 2.62. The second-order valence-electron chi connectivity index (χ2n) is 6.95. The first-order valence-corrected chi connectivity index (χ1v) is 10.9. The van der Waals surface area contributed by atoms with Gasteiger partial charge in [-0.1, -0.05) is 32.4 Å². The molecule has 1 fully saturated rings. The van der Waals surface area contributed by atoms with Gasteiger partial charge in [0.25, 0.3) is 0 Å².